The number of sulfonamides is 1. The molecular weight excluding hydrogens is 430 g/mol. The van der Waals surface area contributed by atoms with Crippen LogP contribution in [0.3, 0.4) is 0 Å². The molecule has 4 N–H and O–H groups in total. The van der Waals surface area contributed by atoms with E-state index in [0.29, 0.717) is 0 Å². The molecule has 0 aliphatic heterocycles. The second kappa shape index (κ2) is 8.85. The van der Waals surface area contributed by atoms with Crippen molar-refractivity contribution in [2.24, 2.45) is 0 Å². The fourth-order valence-electron chi connectivity index (χ4n) is 2.47. The molecule has 0 atom stereocenters. The second-order valence-corrected chi connectivity index (χ2v) is 8.13. The first-order chi connectivity index (χ1) is 14.3. The van der Waals surface area contributed by atoms with Gasteiger partial charge >= 0.3 is 0 Å². The number of phenols is 1. The Bertz CT molecular complexity index is 1210. The number of aromatic hydroxyl groups is 1. The van der Waals surface area contributed by atoms with E-state index in [2.05, 4.69) is 15.6 Å². The Morgan fingerprint density at radius 2 is 1.50 bits per heavy atom. The third-order valence-corrected chi connectivity index (χ3v) is 5.66. The van der Waals surface area contributed by atoms with Gasteiger partial charge < -0.3 is 5.11 Å². The van der Waals surface area contributed by atoms with E-state index < -0.39 is 21.8 Å². The molecule has 3 rings (SSSR count). The van der Waals surface area contributed by atoms with Gasteiger partial charge in [0.15, 0.2) is 0 Å². The van der Waals surface area contributed by atoms with Crippen molar-refractivity contribution in [3.63, 3.8) is 0 Å². The van der Waals surface area contributed by atoms with Crippen molar-refractivity contribution in [2.45, 2.75) is 4.90 Å². The Kier molecular flexibility index (Phi) is 6.24. The Labute approximate surface area is 177 Å². The molecule has 2 amide bonds. The number of benzene rings is 3. The molecule has 0 spiro atoms. The van der Waals surface area contributed by atoms with Crippen LogP contribution in [0.4, 0.5) is 5.69 Å². The molecule has 0 aromatic heterocycles. The molecule has 0 aliphatic carbocycles. The van der Waals surface area contributed by atoms with Crippen LogP contribution in [0.1, 0.15) is 20.7 Å². The van der Waals surface area contributed by atoms with Gasteiger partial charge in [0.25, 0.3) is 21.8 Å². The minimum atomic E-state index is -4.01. The Balaban J connectivity index is 1.73. The summed E-state index contributed by atoms with van der Waals surface area (Å²) < 4.78 is 27.6. The van der Waals surface area contributed by atoms with Gasteiger partial charge in [-0.2, -0.15) is 0 Å². The third kappa shape index (κ3) is 4.88. The van der Waals surface area contributed by atoms with Crippen LogP contribution < -0.4 is 15.6 Å². The number of hydrogen-bond acceptors (Lipinski definition) is 5. The van der Waals surface area contributed by atoms with E-state index in [1.807, 2.05) is 0 Å². The second-order valence-electron chi connectivity index (χ2n) is 6.04. The molecule has 3 aromatic rings. The molecular formula is C20H16ClN3O5S. The van der Waals surface area contributed by atoms with Crippen molar-refractivity contribution >= 4 is 39.1 Å². The maximum Gasteiger partial charge on any atom is 0.273 e. The number of nitrogens with one attached hydrogen (secondary N) is 3. The molecule has 0 heterocycles. The lowest BCUT2D eigenvalue weighted by atomic mass is 10.2. The van der Waals surface area contributed by atoms with Crippen LogP contribution in [0.25, 0.3) is 0 Å². The number of halogens is 1. The molecule has 0 aliphatic rings. The van der Waals surface area contributed by atoms with Gasteiger partial charge in [-0.05, 0) is 42.5 Å². The van der Waals surface area contributed by atoms with Crippen molar-refractivity contribution in [3.05, 3.63) is 88.9 Å². The van der Waals surface area contributed by atoms with Crippen molar-refractivity contribution in [1.29, 1.82) is 0 Å². The Hall–Kier alpha value is -3.56. The average molecular weight is 446 g/mol. The average Bonchev–Trinajstić information content (AvgIpc) is 2.74. The smallest absolute Gasteiger partial charge is 0.273 e. The first-order valence-corrected chi connectivity index (χ1v) is 10.4. The van der Waals surface area contributed by atoms with E-state index in [0.717, 1.165) is 6.07 Å². The molecule has 0 saturated heterocycles. The highest BCUT2D eigenvalue weighted by Gasteiger charge is 2.18. The normalized spacial score (nSPS) is 10.8. The summed E-state index contributed by atoms with van der Waals surface area (Å²) >= 11 is 5.98. The predicted octanol–water partition coefficient (Wildman–Crippen LogP) is 2.92. The van der Waals surface area contributed by atoms with E-state index in [1.54, 1.807) is 24.3 Å². The molecule has 154 valence electrons. The highest BCUT2D eigenvalue weighted by atomic mass is 35.5. The fraction of sp³-hybridized carbons (Fsp3) is 0. The van der Waals surface area contributed by atoms with Crippen LogP contribution in [0.5, 0.6) is 5.75 Å². The standard InChI is InChI=1S/C20H16ClN3O5S/c21-16-9-2-3-10-17(16)24-30(28,29)14-7-5-6-13(12-14)19(26)22-23-20(27)15-8-1-4-11-18(15)25/h1-12,24-25H,(H,22,26)(H,23,27). The van der Waals surface area contributed by atoms with Crippen LogP contribution in [0.15, 0.2) is 77.7 Å². The summed E-state index contributed by atoms with van der Waals surface area (Å²) in [6, 6.07) is 17.4. The van der Waals surface area contributed by atoms with Crippen molar-refractivity contribution < 1.29 is 23.1 Å². The number of para-hydroxylation sites is 2. The van der Waals surface area contributed by atoms with Crippen molar-refractivity contribution in [1.82, 2.24) is 10.9 Å². The van der Waals surface area contributed by atoms with E-state index in [1.165, 1.54) is 42.5 Å². The van der Waals surface area contributed by atoms with Crippen LogP contribution in [0, 0.1) is 0 Å². The molecule has 10 heteroatoms. The number of amides is 2. The number of hydrogen-bond donors (Lipinski definition) is 4. The largest absolute Gasteiger partial charge is 0.507 e. The van der Waals surface area contributed by atoms with E-state index >= 15 is 0 Å². The predicted molar refractivity (Wildman–Crippen MR) is 112 cm³/mol. The first kappa shape index (κ1) is 21.2. The quantitative estimate of drug-likeness (QED) is 0.449. The molecule has 3 aromatic carbocycles. The van der Waals surface area contributed by atoms with E-state index in [4.69, 9.17) is 11.6 Å². The molecule has 0 unspecified atom stereocenters. The van der Waals surface area contributed by atoms with Gasteiger partial charge in [-0.1, -0.05) is 41.9 Å². The highest BCUT2D eigenvalue weighted by molar-refractivity contribution is 7.92. The van der Waals surface area contributed by atoms with Crippen LogP contribution in [-0.4, -0.2) is 25.3 Å². The van der Waals surface area contributed by atoms with E-state index in [-0.39, 0.29) is 32.5 Å². The number of carbonyl (C=O) groups excluding carboxylic acids is 2. The molecule has 0 fully saturated rings. The molecule has 8 nitrogen and oxygen atoms in total. The summed E-state index contributed by atoms with van der Waals surface area (Å²) in [5.74, 6) is -1.72. The van der Waals surface area contributed by atoms with Gasteiger partial charge in [-0.3, -0.25) is 25.2 Å². The van der Waals surface area contributed by atoms with Crippen molar-refractivity contribution in [3.8, 4) is 5.75 Å². The summed E-state index contributed by atoms with van der Waals surface area (Å²) in [5.41, 5.74) is 4.50. The number of carbonyl (C=O) groups is 2. The number of anilines is 1. The minimum Gasteiger partial charge on any atom is -0.507 e. The number of hydrazine groups is 1. The number of phenolic OH excluding ortho intramolecular Hbond substituents is 1. The molecule has 0 saturated carbocycles. The van der Waals surface area contributed by atoms with Gasteiger partial charge in [-0.25, -0.2) is 8.42 Å². The summed E-state index contributed by atoms with van der Waals surface area (Å²) in [7, 11) is -4.01. The fourth-order valence-corrected chi connectivity index (χ4v) is 3.84. The Morgan fingerprint density at radius 3 is 2.23 bits per heavy atom. The summed E-state index contributed by atoms with van der Waals surface area (Å²) in [6.45, 7) is 0. The maximum atomic E-state index is 12.6. The monoisotopic (exact) mass is 445 g/mol. The molecule has 0 bridgehead atoms. The summed E-state index contributed by atoms with van der Waals surface area (Å²) in [4.78, 5) is 24.2. The van der Waals surface area contributed by atoms with Crippen LogP contribution in [0.2, 0.25) is 5.02 Å². The Morgan fingerprint density at radius 1 is 0.833 bits per heavy atom. The topological polar surface area (TPSA) is 125 Å². The van der Waals surface area contributed by atoms with Gasteiger partial charge in [-0.15, -0.1) is 0 Å². The lowest BCUT2D eigenvalue weighted by Gasteiger charge is -2.11. The maximum absolute atomic E-state index is 12.6. The zero-order valence-electron chi connectivity index (χ0n) is 15.3. The van der Waals surface area contributed by atoms with E-state index in [9.17, 15) is 23.1 Å². The summed E-state index contributed by atoms with van der Waals surface area (Å²) in [6.07, 6.45) is 0. The zero-order chi connectivity index (χ0) is 21.7. The van der Waals surface area contributed by atoms with Crippen LogP contribution >= 0.6 is 11.6 Å². The van der Waals surface area contributed by atoms with Crippen molar-refractivity contribution in [2.75, 3.05) is 4.72 Å². The zero-order valence-corrected chi connectivity index (χ0v) is 16.9. The van der Waals surface area contributed by atoms with Crippen LogP contribution in [-0.2, 0) is 10.0 Å². The molecule has 30 heavy (non-hydrogen) atoms. The molecule has 0 radical (unpaired) electrons. The lowest BCUT2D eigenvalue weighted by Crippen LogP contribution is -2.41. The highest BCUT2D eigenvalue weighted by Crippen LogP contribution is 2.24. The van der Waals surface area contributed by atoms with Gasteiger partial charge in [0, 0.05) is 5.56 Å². The van der Waals surface area contributed by atoms with Gasteiger partial charge in [0.05, 0.1) is 21.2 Å². The first-order valence-electron chi connectivity index (χ1n) is 8.54. The SMILES string of the molecule is O=C(NNC(=O)c1ccccc1O)c1cccc(S(=O)(=O)Nc2ccccc2Cl)c1. The third-order valence-electron chi connectivity index (χ3n) is 3.96. The summed E-state index contributed by atoms with van der Waals surface area (Å²) in [5, 5.41) is 9.90. The number of rotatable bonds is 5. The minimum absolute atomic E-state index is 0.00498. The van der Waals surface area contributed by atoms with Gasteiger partial charge in [0.2, 0.25) is 0 Å². The van der Waals surface area contributed by atoms with Gasteiger partial charge in [0.1, 0.15) is 5.75 Å². The lowest BCUT2D eigenvalue weighted by molar-refractivity contribution is 0.0845.